The van der Waals surface area contributed by atoms with Gasteiger partial charge in [-0.1, -0.05) is 0 Å². The second kappa shape index (κ2) is 7.30. The second-order valence-electron chi connectivity index (χ2n) is 3.40. The lowest BCUT2D eigenvalue weighted by Crippen LogP contribution is -2.05. The monoisotopic (exact) mass is 239 g/mol. The summed E-state index contributed by atoms with van der Waals surface area (Å²) in [5.74, 6) is 1.01. The molecule has 0 saturated carbocycles. The van der Waals surface area contributed by atoms with Crippen LogP contribution in [0.15, 0.2) is 29.2 Å². The minimum atomic E-state index is -0.0412. The zero-order valence-corrected chi connectivity index (χ0v) is 10.5. The number of carbonyl (C=O) groups is 1. The molecule has 1 rings (SSSR count). The van der Waals surface area contributed by atoms with Crippen LogP contribution < -0.4 is 5.32 Å². The molecule has 0 aromatic heterocycles. The molecular weight excluding hydrogens is 222 g/mol. The molecule has 88 valence electrons. The minimum Gasteiger partial charge on any atom is -0.385 e. The van der Waals surface area contributed by atoms with Crippen molar-refractivity contribution in [2.75, 3.05) is 24.8 Å². The lowest BCUT2D eigenvalue weighted by Gasteiger charge is -2.04. The number of thioether (sulfide) groups is 1. The zero-order valence-electron chi connectivity index (χ0n) is 9.66. The molecule has 0 heterocycles. The van der Waals surface area contributed by atoms with Crippen LogP contribution in [0.25, 0.3) is 0 Å². The second-order valence-corrected chi connectivity index (χ2v) is 4.57. The molecule has 0 aliphatic rings. The van der Waals surface area contributed by atoms with Crippen LogP contribution in [-0.4, -0.2) is 25.4 Å². The maximum absolute atomic E-state index is 10.8. The highest BCUT2D eigenvalue weighted by Gasteiger charge is 1.97. The predicted molar refractivity (Wildman–Crippen MR) is 68.0 cm³/mol. The third kappa shape index (κ3) is 5.19. The first-order valence-electron chi connectivity index (χ1n) is 5.22. The van der Waals surface area contributed by atoms with Crippen molar-refractivity contribution >= 4 is 23.4 Å². The van der Waals surface area contributed by atoms with Gasteiger partial charge in [0.05, 0.1) is 0 Å². The van der Waals surface area contributed by atoms with Crippen LogP contribution in [0.5, 0.6) is 0 Å². The number of amides is 1. The predicted octanol–water partition coefficient (Wildman–Crippen LogP) is 2.77. The van der Waals surface area contributed by atoms with Crippen molar-refractivity contribution in [3.8, 4) is 0 Å². The van der Waals surface area contributed by atoms with Crippen molar-refractivity contribution in [2.24, 2.45) is 0 Å². The van der Waals surface area contributed by atoms with Gasteiger partial charge in [-0.3, -0.25) is 4.79 Å². The Morgan fingerprint density at radius 1 is 1.38 bits per heavy atom. The van der Waals surface area contributed by atoms with E-state index < -0.39 is 0 Å². The standard InChI is InChI=1S/C12H17NO2S/c1-10(14)13-11-4-6-12(7-5-11)16-9-3-8-15-2/h4-7H,3,8-9H2,1-2H3,(H,13,14). The molecule has 0 fully saturated rings. The van der Waals surface area contributed by atoms with Gasteiger partial charge in [-0.25, -0.2) is 0 Å². The number of methoxy groups -OCH3 is 1. The third-order valence-corrected chi connectivity index (χ3v) is 3.03. The molecule has 1 amide bonds. The van der Waals surface area contributed by atoms with Crippen molar-refractivity contribution in [3.05, 3.63) is 24.3 Å². The summed E-state index contributed by atoms with van der Waals surface area (Å²) in [5, 5.41) is 2.74. The fourth-order valence-corrected chi connectivity index (χ4v) is 2.06. The number of anilines is 1. The van der Waals surface area contributed by atoms with Gasteiger partial charge in [0.25, 0.3) is 0 Å². The minimum absolute atomic E-state index is 0.0412. The van der Waals surface area contributed by atoms with Gasteiger partial charge < -0.3 is 10.1 Å². The van der Waals surface area contributed by atoms with Crippen LogP contribution in [0.1, 0.15) is 13.3 Å². The van der Waals surface area contributed by atoms with Gasteiger partial charge in [-0.15, -0.1) is 11.8 Å². The van der Waals surface area contributed by atoms with Crippen LogP contribution in [0.2, 0.25) is 0 Å². The highest BCUT2D eigenvalue weighted by Crippen LogP contribution is 2.20. The van der Waals surface area contributed by atoms with Gasteiger partial charge in [0.15, 0.2) is 0 Å². The lowest BCUT2D eigenvalue weighted by atomic mass is 10.3. The Bertz CT molecular complexity index is 324. The fourth-order valence-electron chi connectivity index (χ4n) is 1.23. The molecule has 0 bridgehead atoms. The van der Waals surface area contributed by atoms with Gasteiger partial charge in [-0.2, -0.15) is 0 Å². The summed E-state index contributed by atoms with van der Waals surface area (Å²) in [6.07, 6.45) is 1.05. The topological polar surface area (TPSA) is 38.3 Å². The van der Waals surface area contributed by atoms with Gasteiger partial charge in [-0.05, 0) is 30.7 Å². The molecule has 1 aromatic carbocycles. The van der Waals surface area contributed by atoms with E-state index in [1.54, 1.807) is 18.9 Å². The van der Waals surface area contributed by atoms with E-state index in [9.17, 15) is 4.79 Å². The number of rotatable bonds is 6. The average Bonchev–Trinajstić information content (AvgIpc) is 2.26. The van der Waals surface area contributed by atoms with Crippen molar-refractivity contribution in [2.45, 2.75) is 18.2 Å². The summed E-state index contributed by atoms with van der Waals surface area (Å²) in [5.41, 5.74) is 0.841. The van der Waals surface area contributed by atoms with Crippen molar-refractivity contribution in [1.29, 1.82) is 0 Å². The molecule has 16 heavy (non-hydrogen) atoms. The zero-order chi connectivity index (χ0) is 11.8. The molecule has 0 atom stereocenters. The number of nitrogens with one attached hydrogen (secondary N) is 1. The van der Waals surface area contributed by atoms with Crippen molar-refractivity contribution in [1.82, 2.24) is 0 Å². The summed E-state index contributed by atoms with van der Waals surface area (Å²) in [7, 11) is 1.72. The maximum atomic E-state index is 10.8. The largest absolute Gasteiger partial charge is 0.385 e. The Morgan fingerprint density at radius 3 is 2.62 bits per heavy atom. The molecule has 0 aliphatic carbocycles. The van der Waals surface area contributed by atoms with Crippen LogP contribution in [0.4, 0.5) is 5.69 Å². The lowest BCUT2D eigenvalue weighted by molar-refractivity contribution is -0.114. The Morgan fingerprint density at radius 2 is 2.06 bits per heavy atom. The Hall–Kier alpha value is -1.00. The molecule has 1 N–H and O–H groups in total. The Balaban J connectivity index is 2.36. The van der Waals surface area contributed by atoms with Crippen molar-refractivity contribution < 1.29 is 9.53 Å². The Labute approximate surface area is 101 Å². The van der Waals surface area contributed by atoms with Crippen molar-refractivity contribution in [3.63, 3.8) is 0 Å². The number of benzene rings is 1. The average molecular weight is 239 g/mol. The maximum Gasteiger partial charge on any atom is 0.221 e. The van der Waals surface area contributed by atoms with E-state index in [1.807, 2.05) is 24.3 Å². The van der Waals surface area contributed by atoms with E-state index in [-0.39, 0.29) is 5.91 Å². The van der Waals surface area contributed by atoms with E-state index in [0.29, 0.717) is 0 Å². The van der Waals surface area contributed by atoms with E-state index in [2.05, 4.69) is 5.32 Å². The molecule has 3 nitrogen and oxygen atoms in total. The van der Waals surface area contributed by atoms with Gasteiger partial charge in [0.1, 0.15) is 0 Å². The summed E-state index contributed by atoms with van der Waals surface area (Å²) in [6.45, 7) is 2.31. The van der Waals surface area contributed by atoms with Crippen LogP contribution in [-0.2, 0) is 9.53 Å². The molecule has 4 heteroatoms. The summed E-state index contributed by atoms with van der Waals surface area (Å²) in [6, 6.07) is 7.87. The molecule has 0 aliphatic heterocycles. The molecule has 0 spiro atoms. The number of carbonyl (C=O) groups excluding carboxylic acids is 1. The first-order valence-corrected chi connectivity index (χ1v) is 6.20. The third-order valence-electron chi connectivity index (χ3n) is 1.94. The van der Waals surface area contributed by atoms with Crippen LogP contribution in [0, 0.1) is 0 Å². The van der Waals surface area contributed by atoms with Gasteiger partial charge in [0, 0.05) is 37.0 Å². The molecule has 0 radical (unpaired) electrons. The SMILES string of the molecule is COCCCSc1ccc(NC(C)=O)cc1. The molecular formula is C12H17NO2S. The van der Waals surface area contributed by atoms with E-state index in [0.717, 1.165) is 24.5 Å². The highest BCUT2D eigenvalue weighted by atomic mass is 32.2. The fraction of sp³-hybridized carbons (Fsp3) is 0.417. The van der Waals surface area contributed by atoms with E-state index in [4.69, 9.17) is 4.74 Å². The smallest absolute Gasteiger partial charge is 0.221 e. The molecule has 0 saturated heterocycles. The normalized spacial score (nSPS) is 10.1. The highest BCUT2D eigenvalue weighted by molar-refractivity contribution is 7.99. The first-order chi connectivity index (χ1) is 7.72. The van der Waals surface area contributed by atoms with Gasteiger partial charge in [0.2, 0.25) is 5.91 Å². The summed E-state index contributed by atoms with van der Waals surface area (Å²) in [4.78, 5) is 12.0. The van der Waals surface area contributed by atoms with Crippen LogP contribution >= 0.6 is 11.8 Å². The molecule has 0 unspecified atom stereocenters. The van der Waals surface area contributed by atoms with Crippen LogP contribution in [0.3, 0.4) is 0 Å². The summed E-state index contributed by atoms with van der Waals surface area (Å²) >= 11 is 1.80. The number of ether oxygens (including phenoxy) is 1. The number of hydrogen-bond donors (Lipinski definition) is 1. The quantitative estimate of drug-likeness (QED) is 0.613. The van der Waals surface area contributed by atoms with E-state index >= 15 is 0 Å². The first kappa shape index (κ1) is 13.1. The van der Waals surface area contributed by atoms with Gasteiger partial charge >= 0.3 is 0 Å². The summed E-state index contributed by atoms with van der Waals surface area (Å²) < 4.78 is 4.98. The molecule has 1 aromatic rings. The Kier molecular flexibility index (Phi) is 5.96. The number of hydrogen-bond acceptors (Lipinski definition) is 3. The van der Waals surface area contributed by atoms with E-state index in [1.165, 1.54) is 11.8 Å².